The van der Waals surface area contributed by atoms with Gasteiger partial charge >= 0.3 is 0 Å². The summed E-state index contributed by atoms with van der Waals surface area (Å²) >= 11 is 7.44. The van der Waals surface area contributed by atoms with Crippen LogP contribution in [-0.4, -0.2) is 15.0 Å². The van der Waals surface area contributed by atoms with Gasteiger partial charge in [-0.05, 0) is 12.5 Å². The Morgan fingerprint density at radius 2 is 1.85 bits per heavy atom. The number of thiazole rings is 1. The second-order valence-corrected chi connectivity index (χ2v) is 5.64. The number of nitrogen functional groups attached to an aromatic ring is 1. The third-order valence-corrected chi connectivity index (χ3v) is 3.86. The van der Waals surface area contributed by atoms with Gasteiger partial charge in [0.2, 0.25) is 0 Å². The normalized spacial score (nSPS) is 10.7. The van der Waals surface area contributed by atoms with E-state index < -0.39 is 0 Å². The van der Waals surface area contributed by atoms with Gasteiger partial charge in [0.1, 0.15) is 16.7 Å². The summed E-state index contributed by atoms with van der Waals surface area (Å²) in [4.78, 5) is 13.8. The number of aryl methyl sites for hydroxylation is 1. The monoisotopic (exact) mass is 302 g/mol. The molecule has 0 unspecified atom stereocenters. The number of nitrogens with zero attached hydrogens (tertiary/aromatic N) is 3. The van der Waals surface area contributed by atoms with E-state index in [-0.39, 0.29) is 0 Å². The highest BCUT2D eigenvalue weighted by Gasteiger charge is 2.15. The molecule has 0 aliphatic heterocycles. The first kappa shape index (κ1) is 13.0. The Bertz CT molecular complexity index is 735. The number of benzene rings is 1. The van der Waals surface area contributed by atoms with Crippen molar-refractivity contribution in [3.63, 3.8) is 0 Å². The largest absolute Gasteiger partial charge is 0.375 e. The molecule has 4 nitrogen and oxygen atoms in total. The van der Waals surface area contributed by atoms with Gasteiger partial charge in [0.15, 0.2) is 5.13 Å². The van der Waals surface area contributed by atoms with Crippen molar-refractivity contribution in [2.75, 3.05) is 5.73 Å². The standard InChI is InChI=1S/C14H11ClN4S/c1-8-17-10(7-11(15)18-8)12-13(20-14(16)19-12)9-5-3-2-4-6-9/h2-7H,1H3,(H2,16,19). The lowest BCUT2D eigenvalue weighted by molar-refractivity contribution is 1.05. The zero-order valence-corrected chi connectivity index (χ0v) is 12.2. The Labute approximate surface area is 125 Å². The third kappa shape index (κ3) is 2.50. The van der Waals surface area contributed by atoms with Crippen LogP contribution in [0.2, 0.25) is 5.15 Å². The molecular formula is C14H11ClN4S. The molecule has 0 aliphatic carbocycles. The molecule has 2 heterocycles. The maximum atomic E-state index is 6.00. The molecule has 20 heavy (non-hydrogen) atoms. The van der Waals surface area contributed by atoms with Gasteiger partial charge in [0.25, 0.3) is 0 Å². The molecule has 0 saturated heterocycles. The van der Waals surface area contributed by atoms with Gasteiger partial charge in [-0.15, -0.1) is 0 Å². The van der Waals surface area contributed by atoms with E-state index in [9.17, 15) is 0 Å². The van der Waals surface area contributed by atoms with Gasteiger partial charge in [-0.2, -0.15) is 0 Å². The molecule has 0 spiro atoms. The van der Waals surface area contributed by atoms with Gasteiger partial charge in [-0.3, -0.25) is 0 Å². The lowest BCUT2D eigenvalue weighted by Gasteiger charge is -2.03. The predicted octanol–water partition coefficient (Wildman–Crippen LogP) is 3.81. The molecule has 2 N–H and O–H groups in total. The van der Waals surface area contributed by atoms with Crippen LogP contribution in [0.1, 0.15) is 5.82 Å². The van der Waals surface area contributed by atoms with Crippen molar-refractivity contribution in [1.29, 1.82) is 0 Å². The minimum atomic E-state index is 0.401. The second kappa shape index (κ2) is 5.19. The molecule has 0 atom stereocenters. The van der Waals surface area contributed by atoms with Gasteiger partial charge < -0.3 is 5.73 Å². The average Bonchev–Trinajstić information content (AvgIpc) is 2.81. The highest BCUT2D eigenvalue weighted by atomic mass is 35.5. The zero-order valence-electron chi connectivity index (χ0n) is 10.7. The van der Waals surface area contributed by atoms with Crippen LogP contribution in [0.4, 0.5) is 5.13 Å². The fourth-order valence-electron chi connectivity index (χ4n) is 1.95. The minimum Gasteiger partial charge on any atom is -0.375 e. The summed E-state index contributed by atoms with van der Waals surface area (Å²) < 4.78 is 0. The van der Waals surface area contributed by atoms with Crippen LogP contribution >= 0.6 is 22.9 Å². The van der Waals surface area contributed by atoms with Gasteiger partial charge in [-0.1, -0.05) is 53.3 Å². The summed E-state index contributed by atoms with van der Waals surface area (Å²) in [6, 6.07) is 11.7. The predicted molar refractivity (Wildman–Crippen MR) is 82.7 cm³/mol. The van der Waals surface area contributed by atoms with E-state index in [1.54, 1.807) is 13.0 Å². The number of hydrogen-bond acceptors (Lipinski definition) is 5. The quantitative estimate of drug-likeness (QED) is 0.731. The number of halogens is 1. The number of aromatic nitrogens is 3. The van der Waals surface area contributed by atoms with Crippen molar-refractivity contribution in [3.8, 4) is 21.8 Å². The zero-order chi connectivity index (χ0) is 14.1. The minimum absolute atomic E-state index is 0.401. The van der Waals surface area contributed by atoms with Crippen LogP contribution in [0.3, 0.4) is 0 Å². The Kier molecular flexibility index (Phi) is 3.38. The molecule has 0 bridgehead atoms. The Morgan fingerprint density at radius 1 is 1.10 bits per heavy atom. The van der Waals surface area contributed by atoms with Crippen LogP contribution < -0.4 is 5.73 Å². The van der Waals surface area contributed by atoms with Gasteiger partial charge in [-0.25, -0.2) is 15.0 Å². The topological polar surface area (TPSA) is 64.7 Å². The lowest BCUT2D eigenvalue weighted by Crippen LogP contribution is -1.93. The van der Waals surface area contributed by atoms with E-state index in [0.29, 0.717) is 21.8 Å². The molecule has 0 radical (unpaired) electrons. The fourth-order valence-corrected chi connectivity index (χ4v) is 3.02. The molecule has 3 rings (SSSR count). The van der Waals surface area contributed by atoms with E-state index >= 15 is 0 Å². The third-order valence-electron chi connectivity index (χ3n) is 2.73. The van der Waals surface area contributed by atoms with E-state index in [1.807, 2.05) is 30.3 Å². The molecule has 0 fully saturated rings. The summed E-state index contributed by atoms with van der Waals surface area (Å²) in [6.07, 6.45) is 0. The van der Waals surface area contributed by atoms with Crippen molar-refractivity contribution in [2.45, 2.75) is 6.92 Å². The van der Waals surface area contributed by atoms with Gasteiger partial charge in [0.05, 0.1) is 10.6 Å². The summed E-state index contributed by atoms with van der Waals surface area (Å²) in [7, 11) is 0. The van der Waals surface area contributed by atoms with Crippen molar-refractivity contribution in [1.82, 2.24) is 15.0 Å². The highest BCUT2D eigenvalue weighted by Crippen LogP contribution is 2.37. The van der Waals surface area contributed by atoms with E-state index in [2.05, 4.69) is 15.0 Å². The number of hydrogen-bond donors (Lipinski definition) is 1. The second-order valence-electron chi connectivity index (χ2n) is 4.22. The van der Waals surface area contributed by atoms with Gasteiger partial charge in [0, 0.05) is 6.07 Å². The molecule has 0 saturated carbocycles. The first-order valence-electron chi connectivity index (χ1n) is 5.97. The molecule has 100 valence electrons. The van der Waals surface area contributed by atoms with Crippen molar-refractivity contribution in [3.05, 3.63) is 47.4 Å². The van der Waals surface area contributed by atoms with Crippen LogP contribution in [0.25, 0.3) is 21.8 Å². The Morgan fingerprint density at radius 3 is 2.55 bits per heavy atom. The van der Waals surface area contributed by atoms with E-state index in [4.69, 9.17) is 17.3 Å². The molecule has 0 amide bonds. The summed E-state index contributed by atoms with van der Waals surface area (Å²) in [6.45, 7) is 1.80. The summed E-state index contributed by atoms with van der Waals surface area (Å²) in [5.74, 6) is 0.609. The van der Waals surface area contributed by atoms with Crippen LogP contribution in [0.5, 0.6) is 0 Å². The number of rotatable bonds is 2. The molecule has 0 aliphatic rings. The van der Waals surface area contributed by atoms with Crippen molar-refractivity contribution in [2.24, 2.45) is 0 Å². The van der Waals surface area contributed by atoms with E-state index in [1.165, 1.54) is 11.3 Å². The maximum Gasteiger partial charge on any atom is 0.181 e. The Hall–Kier alpha value is -1.98. The lowest BCUT2D eigenvalue weighted by atomic mass is 10.1. The van der Waals surface area contributed by atoms with Crippen molar-refractivity contribution >= 4 is 28.1 Å². The van der Waals surface area contributed by atoms with Crippen molar-refractivity contribution < 1.29 is 0 Å². The first-order valence-corrected chi connectivity index (χ1v) is 7.16. The van der Waals surface area contributed by atoms with Crippen LogP contribution in [0.15, 0.2) is 36.4 Å². The smallest absolute Gasteiger partial charge is 0.181 e. The molecule has 6 heteroatoms. The van der Waals surface area contributed by atoms with Crippen LogP contribution in [-0.2, 0) is 0 Å². The number of nitrogens with two attached hydrogens (primary N) is 1. The molecule has 1 aromatic carbocycles. The molecular weight excluding hydrogens is 292 g/mol. The molecule has 3 aromatic rings. The summed E-state index contributed by atoms with van der Waals surface area (Å²) in [5.41, 5.74) is 8.35. The maximum absolute atomic E-state index is 6.00. The van der Waals surface area contributed by atoms with Crippen LogP contribution in [0, 0.1) is 6.92 Å². The Balaban J connectivity index is 2.19. The number of anilines is 1. The first-order chi connectivity index (χ1) is 9.63. The SMILES string of the molecule is Cc1nc(Cl)cc(-c2nc(N)sc2-c2ccccc2)n1. The molecule has 2 aromatic heterocycles. The highest BCUT2D eigenvalue weighted by molar-refractivity contribution is 7.19. The van der Waals surface area contributed by atoms with E-state index in [0.717, 1.165) is 16.1 Å². The fraction of sp³-hybridized carbons (Fsp3) is 0.0714. The average molecular weight is 303 g/mol. The summed E-state index contributed by atoms with van der Waals surface area (Å²) in [5, 5.41) is 0.907.